The number of phenols is 2. The van der Waals surface area contributed by atoms with Gasteiger partial charge in [0, 0.05) is 11.1 Å². The number of rotatable bonds is 5. The summed E-state index contributed by atoms with van der Waals surface area (Å²) in [5.41, 5.74) is 1.40. The van der Waals surface area contributed by atoms with Gasteiger partial charge in [0.1, 0.15) is 16.3 Å². The van der Waals surface area contributed by atoms with Crippen LogP contribution in [-0.4, -0.2) is 30.4 Å². The van der Waals surface area contributed by atoms with Crippen molar-refractivity contribution in [1.82, 2.24) is 0 Å². The molecule has 0 unspecified atom stereocenters. The van der Waals surface area contributed by atoms with Gasteiger partial charge in [-0.3, -0.25) is 0 Å². The second-order valence-electron chi connectivity index (χ2n) is 6.40. The van der Waals surface area contributed by atoms with Crippen LogP contribution in [0.1, 0.15) is 40.9 Å². The van der Waals surface area contributed by atoms with E-state index in [4.69, 9.17) is 49.0 Å². The van der Waals surface area contributed by atoms with Crippen molar-refractivity contribution in [3.05, 3.63) is 43.4 Å². The molecule has 0 aliphatic heterocycles. The molecule has 0 amide bonds. The molecule has 2 aromatic carbocycles. The Morgan fingerprint density at radius 1 is 0.867 bits per heavy atom. The molecule has 2 N–H and O–H groups in total. The van der Waals surface area contributed by atoms with Gasteiger partial charge in [0.15, 0.2) is 23.0 Å². The van der Waals surface area contributed by atoms with Gasteiger partial charge in [-0.15, -0.1) is 0 Å². The van der Waals surface area contributed by atoms with Gasteiger partial charge in [-0.1, -0.05) is 40.9 Å². The summed E-state index contributed by atoms with van der Waals surface area (Å²) in [5.74, 6) is -1.56. The maximum absolute atomic E-state index is 12.4. The molecule has 0 saturated heterocycles. The quantitative estimate of drug-likeness (QED) is 0.469. The molecular weight excluding hydrogens is 455 g/mol. The van der Waals surface area contributed by atoms with E-state index in [1.165, 1.54) is 21.1 Å². The van der Waals surface area contributed by atoms with Gasteiger partial charge >= 0.3 is 5.97 Å². The minimum absolute atomic E-state index is 0.0675. The molecule has 0 heterocycles. The van der Waals surface area contributed by atoms with Crippen LogP contribution in [-0.2, 0) is 4.74 Å². The van der Waals surface area contributed by atoms with Crippen LogP contribution in [0.15, 0.2) is 6.08 Å². The lowest BCUT2D eigenvalue weighted by Gasteiger charge is -2.22. The topological polar surface area (TPSA) is 85.2 Å². The summed E-state index contributed by atoms with van der Waals surface area (Å²) in [6.07, 6.45) is 1.76. The molecule has 0 aliphatic rings. The summed E-state index contributed by atoms with van der Waals surface area (Å²) in [5, 5.41) is 20.9. The highest BCUT2D eigenvalue weighted by atomic mass is 35.5. The molecule has 9 heteroatoms. The molecule has 6 nitrogen and oxygen atoms in total. The summed E-state index contributed by atoms with van der Waals surface area (Å²) in [6, 6.07) is 0. The van der Waals surface area contributed by atoms with Crippen LogP contribution in [0.5, 0.6) is 28.7 Å². The van der Waals surface area contributed by atoms with Gasteiger partial charge in [0.25, 0.3) is 0 Å². The molecule has 2 aromatic rings. The molecule has 0 atom stereocenters. The van der Waals surface area contributed by atoms with Crippen molar-refractivity contribution in [1.29, 1.82) is 0 Å². The highest BCUT2D eigenvalue weighted by Crippen LogP contribution is 2.53. The number of benzene rings is 2. The normalized spacial score (nSPS) is 11.4. The number of hydrogen-bond donors (Lipinski definition) is 2. The van der Waals surface area contributed by atoms with Crippen LogP contribution in [0.2, 0.25) is 15.1 Å². The number of carbonyl (C=O) groups excluding carboxylic acids is 1. The lowest BCUT2D eigenvalue weighted by molar-refractivity contribution is 0.0597. The summed E-state index contributed by atoms with van der Waals surface area (Å²) in [6.45, 7) is 6.64. The first-order chi connectivity index (χ1) is 14.0. The summed E-state index contributed by atoms with van der Waals surface area (Å²) in [7, 11) is 2.61. The number of allylic oxidation sites excluding steroid dienone is 2. The molecule has 2 rings (SSSR count). The minimum Gasteiger partial charge on any atom is -0.505 e. The summed E-state index contributed by atoms with van der Waals surface area (Å²) in [4.78, 5) is 12.4. The Hall–Kier alpha value is -2.28. The molecule has 0 aromatic heterocycles. The Morgan fingerprint density at radius 3 is 1.97 bits per heavy atom. The second-order valence-corrected chi connectivity index (χ2v) is 7.53. The summed E-state index contributed by atoms with van der Waals surface area (Å²) >= 11 is 18.9. The average Bonchev–Trinajstić information content (AvgIpc) is 2.73. The van der Waals surface area contributed by atoms with Crippen molar-refractivity contribution in [2.24, 2.45) is 0 Å². The van der Waals surface area contributed by atoms with Crippen molar-refractivity contribution in [2.45, 2.75) is 27.7 Å². The standard InChI is InChI=1S/C21H21Cl3O6/c1-7-8(2)11-14(23)18(28-5)10(4)16(25)20(11)30-19-12(21(27)29-6)9(3)13(22)17(26)15(19)24/h7,25-26H,1-6H3/b8-7+. The predicted octanol–water partition coefficient (Wildman–Crippen LogP) is 6.69. The molecule has 0 aliphatic carbocycles. The van der Waals surface area contributed by atoms with E-state index >= 15 is 0 Å². The SMILES string of the molecule is C/C=C(\C)c1c(Cl)c(OC)c(C)c(O)c1Oc1c(Cl)c(O)c(Cl)c(C)c1C(=O)OC. The monoisotopic (exact) mass is 474 g/mol. The fraction of sp³-hybridized carbons (Fsp3) is 0.286. The Bertz CT molecular complexity index is 1060. The Morgan fingerprint density at radius 2 is 1.47 bits per heavy atom. The molecule has 30 heavy (non-hydrogen) atoms. The van der Waals surface area contributed by atoms with Crippen LogP contribution in [0, 0.1) is 13.8 Å². The van der Waals surface area contributed by atoms with Crippen molar-refractivity contribution in [3.63, 3.8) is 0 Å². The van der Waals surface area contributed by atoms with Gasteiger partial charge in [0.2, 0.25) is 0 Å². The van der Waals surface area contributed by atoms with E-state index in [1.807, 2.05) is 0 Å². The number of aromatic hydroxyl groups is 2. The van der Waals surface area contributed by atoms with E-state index in [2.05, 4.69) is 0 Å². The third kappa shape index (κ3) is 3.87. The van der Waals surface area contributed by atoms with Crippen LogP contribution in [0.25, 0.3) is 5.57 Å². The zero-order valence-electron chi connectivity index (χ0n) is 17.2. The fourth-order valence-electron chi connectivity index (χ4n) is 2.93. The number of halogens is 3. The number of hydrogen-bond acceptors (Lipinski definition) is 6. The Labute approximate surface area is 189 Å². The van der Waals surface area contributed by atoms with Crippen molar-refractivity contribution >= 4 is 46.3 Å². The lowest BCUT2D eigenvalue weighted by Crippen LogP contribution is -2.08. The molecule has 0 radical (unpaired) electrons. The van der Waals surface area contributed by atoms with Gasteiger partial charge in [0.05, 0.1) is 24.3 Å². The van der Waals surface area contributed by atoms with Gasteiger partial charge in [-0.25, -0.2) is 4.79 Å². The van der Waals surface area contributed by atoms with E-state index in [1.54, 1.807) is 26.8 Å². The number of carbonyl (C=O) groups is 1. The largest absolute Gasteiger partial charge is 0.505 e. The fourth-order valence-corrected chi connectivity index (χ4v) is 3.85. The Balaban J connectivity index is 2.95. The van der Waals surface area contributed by atoms with Gasteiger partial charge < -0.3 is 24.4 Å². The van der Waals surface area contributed by atoms with E-state index < -0.39 is 11.7 Å². The second kappa shape index (κ2) is 9.25. The number of ether oxygens (including phenoxy) is 3. The Kier molecular flexibility index (Phi) is 7.40. The molecule has 0 spiro atoms. The van der Waals surface area contributed by atoms with E-state index in [0.717, 1.165) is 0 Å². The first kappa shape index (κ1) is 24.0. The number of phenolic OH excluding ortho intramolecular Hbond substituents is 2. The molecule has 0 saturated carbocycles. The third-order valence-electron chi connectivity index (χ3n) is 4.73. The molecule has 0 bridgehead atoms. The minimum atomic E-state index is -0.786. The van der Waals surface area contributed by atoms with Crippen LogP contribution in [0.3, 0.4) is 0 Å². The van der Waals surface area contributed by atoms with Crippen molar-refractivity contribution in [2.75, 3.05) is 14.2 Å². The van der Waals surface area contributed by atoms with Crippen molar-refractivity contribution in [3.8, 4) is 28.7 Å². The molecule has 0 fully saturated rings. The maximum atomic E-state index is 12.4. The smallest absolute Gasteiger partial charge is 0.342 e. The average molecular weight is 476 g/mol. The number of methoxy groups -OCH3 is 2. The van der Waals surface area contributed by atoms with Crippen LogP contribution < -0.4 is 9.47 Å². The first-order valence-electron chi connectivity index (χ1n) is 8.72. The highest BCUT2D eigenvalue weighted by molar-refractivity contribution is 6.39. The van der Waals surface area contributed by atoms with Crippen molar-refractivity contribution < 1.29 is 29.2 Å². The first-order valence-corrected chi connectivity index (χ1v) is 9.85. The van der Waals surface area contributed by atoms with E-state index in [9.17, 15) is 15.0 Å². The van der Waals surface area contributed by atoms with Gasteiger partial charge in [-0.2, -0.15) is 0 Å². The zero-order valence-corrected chi connectivity index (χ0v) is 19.5. The lowest BCUT2D eigenvalue weighted by atomic mass is 10.0. The number of esters is 1. The predicted molar refractivity (Wildman–Crippen MR) is 118 cm³/mol. The molecular formula is C21H21Cl3O6. The van der Waals surface area contributed by atoms with Crippen LogP contribution >= 0.6 is 34.8 Å². The van der Waals surface area contributed by atoms with Gasteiger partial charge in [-0.05, 0) is 38.8 Å². The maximum Gasteiger partial charge on any atom is 0.342 e. The highest BCUT2D eigenvalue weighted by Gasteiger charge is 2.30. The van der Waals surface area contributed by atoms with E-state index in [0.29, 0.717) is 16.7 Å². The third-order valence-corrected chi connectivity index (χ3v) is 5.90. The van der Waals surface area contributed by atoms with E-state index in [-0.39, 0.29) is 49.2 Å². The van der Waals surface area contributed by atoms with Crippen LogP contribution in [0.4, 0.5) is 0 Å². The molecule has 162 valence electrons. The summed E-state index contributed by atoms with van der Waals surface area (Å²) < 4.78 is 16.1. The zero-order chi connectivity index (χ0) is 22.9.